The van der Waals surface area contributed by atoms with E-state index in [4.69, 9.17) is 10.7 Å². The van der Waals surface area contributed by atoms with Gasteiger partial charge < -0.3 is 15.5 Å². The predicted molar refractivity (Wildman–Crippen MR) is 92.7 cm³/mol. The topological polar surface area (TPSA) is 77.3 Å². The van der Waals surface area contributed by atoms with E-state index in [9.17, 15) is 0 Å². The van der Waals surface area contributed by atoms with Gasteiger partial charge in [0.15, 0.2) is 5.65 Å². The molecule has 0 spiro atoms. The third-order valence-electron chi connectivity index (χ3n) is 5.23. The molecule has 2 aliphatic rings. The first kappa shape index (κ1) is 14.7. The molecule has 0 atom stereocenters. The zero-order valence-corrected chi connectivity index (χ0v) is 14.0. The van der Waals surface area contributed by atoms with Gasteiger partial charge in [-0.15, -0.1) is 0 Å². The van der Waals surface area contributed by atoms with E-state index >= 15 is 0 Å². The lowest BCUT2D eigenvalue weighted by atomic mass is 9.97. The summed E-state index contributed by atoms with van der Waals surface area (Å²) in [4.78, 5) is 12.1. The number of hydrogen-bond donors (Lipinski definition) is 2. The van der Waals surface area contributed by atoms with Crippen LogP contribution in [0.5, 0.6) is 0 Å². The Morgan fingerprint density at radius 2 is 1.91 bits per heavy atom. The summed E-state index contributed by atoms with van der Waals surface area (Å²) in [5.74, 6) is 1.77. The maximum absolute atomic E-state index is 6.12. The van der Waals surface area contributed by atoms with Crippen LogP contribution in [-0.4, -0.2) is 71.3 Å². The average molecular weight is 315 g/mol. The number of aromatic amines is 1. The van der Waals surface area contributed by atoms with Gasteiger partial charge in [0.2, 0.25) is 0 Å². The van der Waals surface area contributed by atoms with E-state index in [1.165, 1.54) is 11.1 Å². The minimum absolute atomic E-state index is 0.652. The summed E-state index contributed by atoms with van der Waals surface area (Å²) in [5.41, 5.74) is 9.58. The third kappa shape index (κ3) is 2.44. The number of nitrogens with two attached hydrogens (primary N) is 1. The second-order valence-electron chi connectivity index (χ2n) is 6.64. The van der Waals surface area contributed by atoms with Crippen LogP contribution in [0, 0.1) is 0 Å². The molecule has 0 amide bonds. The summed E-state index contributed by atoms with van der Waals surface area (Å²) in [7, 11) is 2.18. The number of hydrogen-bond acceptors (Lipinski definition) is 6. The molecule has 0 aromatic carbocycles. The molecule has 4 heterocycles. The van der Waals surface area contributed by atoms with Crippen LogP contribution in [0.3, 0.4) is 0 Å². The Balaban J connectivity index is 1.83. The molecule has 7 nitrogen and oxygen atoms in total. The van der Waals surface area contributed by atoms with Gasteiger partial charge in [0, 0.05) is 44.8 Å². The predicted octanol–water partition coefficient (Wildman–Crippen LogP) is 0.670. The summed E-state index contributed by atoms with van der Waals surface area (Å²) in [6.07, 6.45) is 1.02. The van der Waals surface area contributed by atoms with Gasteiger partial charge in [-0.3, -0.25) is 10.00 Å². The highest BCUT2D eigenvalue weighted by Crippen LogP contribution is 2.35. The van der Waals surface area contributed by atoms with Crippen LogP contribution in [0.25, 0.3) is 11.0 Å². The van der Waals surface area contributed by atoms with Crippen LogP contribution in [-0.2, 0) is 13.0 Å². The van der Waals surface area contributed by atoms with Crippen molar-refractivity contribution in [3.63, 3.8) is 0 Å². The molecule has 3 N–H and O–H groups in total. The molecule has 1 fully saturated rings. The number of likely N-dealkylation sites (N-methyl/N-ethyl adjacent to an activating group) is 2. The van der Waals surface area contributed by atoms with Gasteiger partial charge in [-0.05, 0) is 25.6 Å². The zero-order chi connectivity index (χ0) is 16.0. The van der Waals surface area contributed by atoms with E-state index in [0.717, 1.165) is 69.1 Å². The van der Waals surface area contributed by atoms with Crippen molar-refractivity contribution in [2.45, 2.75) is 19.9 Å². The maximum atomic E-state index is 6.12. The van der Waals surface area contributed by atoms with Crippen molar-refractivity contribution in [3.05, 3.63) is 11.1 Å². The molecule has 23 heavy (non-hydrogen) atoms. The first-order valence-electron chi connectivity index (χ1n) is 8.48. The number of pyridine rings is 1. The standard InChI is InChI=1S/C16H25N7/c1-3-22-5-4-11-12(10-22)16(23-8-6-21(2)7-9-23)18-15-13(11)14(17)19-20-15/h3-10H2,1-2H3,(H3,17,18,19,20). The van der Waals surface area contributed by atoms with Crippen LogP contribution in [0.1, 0.15) is 18.1 Å². The second-order valence-corrected chi connectivity index (χ2v) is 6.64. The van der Waals surface area contributed by atoms with Crippen molar-refractivity contribution in [2.24, 2.45) is 0 Å². The molecule has 0 radical (unpaired) electrons. The van der Waals surface area contributed by atoms with Crippen LogP contribution in [0.15, 0.2) is 0 Å². The number of anilines is 2. The van der Waals surface area contributed by atoms with Gasteiger partial charge in [0.1, 0.15) is 11.6 Å². The van der Waals surface area contributed by atoms with Gasteiger partial charge in [0.05, 0.1) is 5.39 Å². The fraction of sp³-hybridized carbons (Fsp3) is 0.625. The lowest BCUT2D eigenvalue weighted by Crippen LogP contribution is -2.45. The second kappa shape index (κ2) is 5.65. The van der Waals surface area contributed by atoms with Gasteiger partial charge in [-0.2, -0.15) is 5.10 Å². The average Bonchev–Trinajstić information content (AvgIpc) is 2.95. The summed E-state index contributed by atoms with van der Waals surface area (Å²) in [5, 5.41) is 8.27. The van der Waals surface area contributed by atoms with E-state index in [0.29, 0.717) is 5.82 Å². The first-order chi connectivity index (χ1) is 11.2. The Bertz CT molecular complexity index is 715. The van der Waals surface area contributed by atoms with Crippen molar-refractivity contribution in [3.8, 4) is 0 Å². The quantitative estimate of drug-likeness (QED) is 0.848. The number of nitrogens with one attached hydrogen (secondary N) is 1. The lowest BCUT2D eigenvalue weighted by molar-refractivity contribution is 0.267. The number of nitrogen functional groups attached to an aromatic ring is 1. The van der Waals surface area contributed by atoms with Crippen LogP contribution < -0.4 is 10.6 Å². The fourth-order valence-corrected chi connectivity index (χ4v) is 3.74. The molecule has 1 saturated heterocycles. The summed E-state index contributed by atoms with van der Waals surface area (Å²) in [6.45, 7) is 9.53. The van der Waals surface area contributed by atoms with Crippen LogP contribution in [0.2, 0.25) is 0 Å². The first-order valence-corrected chi connectivity index (χ1v) is 8.48. The highest BCUT2D eigenvalue weighted by Gasteiger charge is 2.27. The van der Waals surface area contributed by atoms with Gasteiger partial charge in [-0.25, -0.2) is 4.98 Å². The van der Waals surface area contributed by atoms with Gasteiger partial charge >= 0.3 is 0 Å². The molecule has 2 aliphatic heterocycles. The van der Waals surface area contributed by atoms with Crippen molar-refractivity contribution >= 4 is 22.7 Å². The smallest absolute Gasteiger partial charge is 0.185 e. The maximum Gasteiger partial charge on any atom is 0.185 e. The van der Waals surface area contributed by atoms with Crippen molar-refractivity contribution in [1.29, 1.82) is 0 Å². The monoisotopic (exact) mass is 315 g/mol. The molecule has 0 bridgehead atoms. The summed E-state index contributed by atoms with van der Waals surface area (Å²) < 4.78 is 0. The molecular weight excluding hydrogens is 290 g/mol. The highest BCUT2D eigenvalue weighted by molar-refractivity contribution is 5.92. The number of fused-ring (bicyclic) bond motifs is 3. The van der Waals surface area contributed by atoms with E-state index < -0.39 is 0 Å². The molecule has 2 aromatic rings. The van der Waals surface area contributed by atoms with Crippen LogP contribution >= 0.6 is 0 Å². The fourth-order valence-electron chi connectivity index (χ4n) is 3.74. The molecule has 2 aromatic heterocycles. The number of nitrogens with zero attached hydrogens (tertiary/aromatic N) is 5. The Morgan fingerprint density at radius 1 is 1.13 bits per heavy atom. The SMILES string of the molecule is CCN1CCc2c(c(N3CCN(C)CC3)nc3n[nH]c(N)c23)C1. The lowest BCUT2D eigenvalue weighted by Gasteiger charge is -2.37. The normalized spacial score (nSPS) is 20.2. The number of H-pyrrole nitrogens is 1. The van der Waals surface area contributed by atoms with Gasteiger partial charge in [-0.1, -0.05) is 6.92 Å². The van der Waals surface area contributed by atoms with Crippen LogP contribution in [0.4, 0.5) is 11.6 Å². The molecule has 0 unspecified atom stereocenters. The molecular formula is C16H25N7. The number of aromatic nitrogens is 3. The molecule has 7 heteroatoms. The van der Waals surface area contributed by atoms with E-state index in [1.54, 1.807) is 0 Å². The Kier molecular flexibility index (Phi) is 3.61. The summed E-state index contributed by atoms with van der Waals surface area (Å²) >= 11 is 0. The zero-order valence-electron chi connectivity index (χ0n) is 14.0. The van der Waals surface area contributed by atoms with E-state index in [1.807, 2.05) is 0 Å². The molecule has 0 aliphatic carbocycles. The van der Waals surface area contributed by atoms with Crippen molar-refractivity contribution < 1.29 is 0 Å². The molecule has 4 rings (SSSR count). The molecule has 0 saturated carbocycles. The van der Waals surface area contributed by atoms with Gasteiger partial charge in [0.25, 0.3) is 0 Å². The van der Waals surface area contributed by atoms with E-state index in [2.05, 4.69) is 38.9 Å². The minimum Gasteiger partial charge on any atom is -0.384 e. The molecule has 124 valence electrons. The van der Waals surface area contributed by atoms with Crippen molar-refractivity contribution in [1.82, 2.24) is 25.0 Å². The number of rotatable bonds is 2. The third-order valence-corrected chi connectivity index (χ3v) is 5.23. The largest absolute Gasteiger partial charge is 0.384 e. The summed E-state index contributed by atoms with van der Waals surface area (Å²) in [6, 6.07) is 0. The van der Waals surface area contributed by atoms with Crippen molar-refractivity contribution in [2.75, 3.05) is 56.9 Å². The minimum atomic E-state index is 0.652. The Labute approximate surface area is 136 Å². The Morgan fingerprint density at radius 3 is 2.65 bits per heavy atom. The van der Waals surface area contributed by atoms with E-state index in [-0.39, 0.29) is 0 Å². The number of piperazine rings is 1. The Hall–Kier alpha value is -1.86. The highest BCUT2D eigenvalue weighted by atomic mass is 15.3.